The highest BCUT2D eigenvalue weighted by Gasteiger charge is 2.46. The molecule has 0 amide bonds. The molecular formula is C49H90O12S. The summed E-state index contributed by atoms with van der Waals surface area (Å²) in [4.78, 5) is 25.5. The van der Waals surface area contributed by atoms with Gasteiger partial charge in [0.05, 0.1) is 6.61 Å². The lowest BCUT2D eigenvalue weighted by atomic mass is 10.00. The van der Waals surface area contributed by atoms with Crippen LogP contribution in [-0.4, -0.2) is 96.0 Å². The van der Waals surface area contributed by atoms with Crippen molar-refractivity contribution in [1.29, 1.82) is 0 Å². The molecule has 364 valence electrons. The predicted molar refractivity (Wildman–Crippen MR) is 247 cm³/mol. The van der Waals surface area contributed by atoms with E-state index in [1.165, 1.54) is 135 Å². The van der Waals surface area contributed by atoms with Crippen molar-refractivity contribution < 1.29 is 56.8 Å². The fraction of sp³-hybridized carbons (Fsp3) is 0.878. The predicted octanol–water partition coefficient (Wildman–Crippen LogP) is 10.8. The number of hydrogen-bond donors (Lipinski definition) is 4. The molecule has 0 saturated carbocycles. The molecule has 0 radical (unpaired) electrons. The van der Waals surface area contributed by atoms with Gasteiger partial charge < -0.3 is 34.3 Å². The minimum absolute atomic E-state index is 0.163. The van der Waals surface area contributed by atoms with Crippen LogP contribution in [0, 0.1) is 0 Å². The van der Waals surface area contributed by atoms with E-state index in [2.05, 4.69) is 38.2 Å². The Kier molecular flexibility index (Phi) is 37.0. The molecule has 0 spiro atoms. The zero-order valence-corrected chi connectivity index (χ0v) is 39.8. The molecule has 1 fully saturated rings. The second kappa shape index (κ2) is 39.5. The summed E-state index contributed by atoms with van der Waals surface area (Å²) in [7, 11) is -4.60. The van der Waals surface area contributed by atoms with Gasteiger partial charge in [-0.2, -0.15) is 8.42 Å². The number of aliphatic hydroxyl groups is 3. The second-order valence-electron chi connectivity index (χ2n) is 17.5. The van der Waals surface area contributed by atoms with Crippen LogP contribution in [0.2, 0.25) is 0 Å². The molecule has 1 rings (SSSR count). The van der Waals surface area contributed by atoms with Crippen LogP contribution in [-0.2, 0) is 38.7 Å². The summed E-state index contributed by atoms with van der Waals surface area (Å²) in [6.07, 6.45) is 35.0. The normalized spacial score (nSPS) is 20.0. The molecule has 6 atom stereocenters. The number of unbranched alkanes of at least 4 members (excludes halogenated alkanes) is 26. The molecule has 2 unspecified atom stereocenters. The van der Waals surface area contributed by atoms with Gasteiger partial charge in [-0.1, -0.05) is 167 Å². The number of ether oxygens (including phenoxy) is 4. The molecule has 0 aromatic rings. The van der Waals surface area contributed by atoms with Crippen molar-refractivity contribution in [3.05, 3.63) is 24.3 Å². The molecule has 13 heteroatoms. The lowest BCUT2D eigenvalue weighted by Gasteiger charge is -2.40. The highest BCUT2D eigenvalue weighted by Crippen LogP contribution is 2.24. The van der Waals surface area contributed by atoms with Crippen molar-refractivity contribution >= 4 is 22.1 Å². The van der Waals surface area contributed by atoms with Crippen molar-refractivity contribution in [2.75, 3.05) is 19.0 Å². The maximum absolute atomic E-state index is 12.8. The van der Waals surface area contributed by atoms with Gasteiger partial charge in [0.15, 0.2) is 12.4 Å². The molecule has 4 N–H and O–H groups in total. The summed E-state index contributed by atoms with van der Waals surface area (Å²) in [6, 6.07) is 0. The zero-order valence-electron chi connectivity index (χ0n) is 39.0. The molecular weight excluding hydrogens is 813 g/mol. The Labute approximate surface area is 377 Å². The number of carbonyl (C=O) groups is 2. The van der Waals surface area contributed by atoms with Crippen LogP contribution in [0.3, 0.4) is 0 Å². The van der Waals surface area contributed by atoms with Gasteiger partial charge in [0.25, 0.3) is 10.1 Å². The van der Waals surface area contributed by atoms with Gasteiger partial charge in [-0.25, -0.2) is 0 Å². The van der Waals surface area contributed by atoms with Crippen LogP contribution >= 0.6 is 0 Å². The van der Waals surface area contributed by atoms with Gasteiger partial charge in [-0.3, -0.25) is 14.1 Å². The number of carbonyl (C=O) groups excluding carboxylic acids is 2. The topological polar surface area (TPSA) is 186 Å². The van der Waals surface area contributed by atoms with E-state index in [4.69, 9.17) is 18.9 Å². The zero-order chi connectivity index (χ0) is 45.5. The van der Waals surface area contributed by atoms with Crippen LogP contribution in [0.15, 0.2) is 24.3 Å². The molecule has 0 aromatic carbocycles. The van der Waals surface area contributed by atoms with E-state index in [-0.39, 0.29) is 19.4 Å². The van der Waals surface area contributed by atoms with E-state index in [9.17, 15) is 37.9 Å². The summed E-state index contributed by atoms with van der Waals surface area (Å²) in [5, 5.41) is 30.9. The SMILES string of the molecule is CCCCCC/C=C/CCCCCCCCCCCC(=O)O[C@H](COC(=O)CCCCCCCCC/C=C/CCCCCCCC)CO[C@H]1O[C@H](CS(=O)(=O)O)[C@@H](O)C(O)C1O. The first-order valence-electron chi connectivity index (χ1n) is 24.9. The van der Waals surface area contributed by atoms with Crippen molar-refractivity contribution in [3.8, 4) is 0 Å². The Morgan fingerprint density at radius 3 is 1.35 bits per heavy atom. The lowest BCUT2D eigenvalue weighted by Crippen LogP contribution is -2.60. The quantitative estimate of drug-likeness (QED) is 0.0197. The van der Waals surface area contributed by atoms with Crippen LogP contribution < -0.4 is 0 Å². The number of hydrogen-bond acceptors (Lipinski definition) is 11. The number of aliphatic hydroxyl groups excluding tert-OH is 3. The summed E-state index contributed by atoms with van der Waals surface area (Å²) in [6.45, 7) is 3.76. The smallest absolute Gasteiger partial charge is 0.306 e. The maximum atomic E-state index is 12.8. The van der Waals surface area contributed by atoms with E-state index >= 15 is 0 Å². The molecule has 1 heterocycles. The Morgan fingerprint density at radius 2 is 0.919 bits per heavy atom. The minimum atomic E-state index is -4.60. The van der Waals surface area contributed by atoms with Gasteiger partial charge in [0.1, 0.15) is 36.8 Å². The van der Waals surface area contributed by atoms with Crippen LogP contribution in [0.4, 0.5) is 0 Å². The fourth-order valence-electron chi connectivity index (χ4n) is 7.61. The van der Waals surface area contributed by atoms with Crippen LogP contribution in [0.25, 0.3) is 0 Å². The van der Waals surface area contributed by atoms with E-state index in [1.807, 2.05) is 0 Å². The van der Waals surface area contributed by atoms with Gasteiger partial charge >= 0.3 is 11.9 Å². The van der Waals surface area contributed by atoms with E-state index in [1.54, 1.807) is 0 Å². The Bertz CT molecular complexity index is 1240. The van der Waals surface area contributed by atoms with E-state index in [0.717, 1.165) is 44.9 Å². The Hall–Kier alpha value is -1.87. The highest BCUT2D eigenvalue weighted by molar-refractivity contribution is 7.85. The number of allylic oxidation sites excluding steroid dienone is 4. The van der Waals surface area contributed by atoms with Crippen molar-refractivity contribution in [1.82, 2.24) is 0 Å². The van der Waals surface area contributed by atoms with Gasteiger partial charge in [-0.15, -0.1) is 0 Å². The van der Waals surface area contributed by atoms with Crippen molar-refractivity contribution in [2.24, 2.45) is 0 Å². The highest BCUT2D eigenvalue weighted by atomic mass is 32.2. The molecule has 1 saturated heterocycles. The first-order chi connectivity index (χ1) is 30.0. The second-order valence-corrected chi connectivity index (χ2v) is 19.0. The molecule has 1 aliphatic heterocycles. The van der Waals surface area contributed by atoms with E-state index in [0.29, 0.717) is 12.8 Å². The Morgan fingerprint density at radius 1 is 0.532 bits per heavy atom. The number of rotatable bonds is 42. The van der Waals surface area contributed by atoms with Gasteiger partial charge in [0, 0.05) is 12.8 Å². The third kappa shape index (κ3) is 33.6. The molecule has 62 heavy (non-hydrogen) atoms. The standard InChI is InChI=1S/C49H90O12S/c1-3-5-7-9-11-13-15-17-19-21-23-25-27-29-31-33-35-37-44(50)58-39-42(40-59-49-48(54)47(53)46(52)43(61-49)41-62(55,56)57)60-45(51)38-36-34-32-30-28-26-24-22-20-18-16-14-12-10-8-6-4-2/h14,16-17,19,42-43,46-49,52-54H,3-13,15,18,20-41H2,1-2H3,(H,55,56,57)/b16-14+,19-17+/t42-,43-,46-,47?,48?,49+/m1/s1. The summed E-state index contributed by atoms with van der Waals surface area (Å²) in [5.41, 5.74) is 0. The molecule has 0 aliphatic carbocycles. The summed E-state index contributed by atoms with van der Waals surface area (Å²) < 4.78 is 54.2. The van der Waals surface area contributed by atoms with Gasteiger partial charge in [-0.05, 0) is 64.2 Å². The van der Waals surface area contributed by atoms with Crippen LogP contribution in [0.5, 0.6) is 0 Å². The Balaban J connectivity index is 2.40. The first-order valence-corrected chi connectivity index (χ1v) is 26.5. The first kappa shape index (κ1) is 58.1. The molecule has 1 aliphatic rings. The lowest BCUT2D eigenvalue weighted by molar-refractivity contribution is -0.297. The average molecular weight is 903 g/mol. The molecule has 0 bridgehead atoms. The maximum Gasteiger partial charge on any atom is 0.306 e. The summed E-state index contributed by atoms with van der Waals surface area (Å²) in [5.74, 6) is -1.98. The number of esters is 2. The molecule has 12 nitrogen and oxygen atoms in total. The minimum Gasteiger partial charge on any atom is -0.462 e. The average Bonchev–Trinajstić information content (AvgIpc) is 3.24. The van der Waals surface area contributed by atoms with Crippen LogP contribution in [0.1, 0.15) is 219 Å². The largest absolute Gasteiger partial charge is 0.462 e. The third-order valence-corrected chi connectivity index (χ3v) is 12.3. The fourth-order valence-corrected chi connectivity index (χ4v) is 8.30. The monoisotopic (exact) mass is 903 g/mol. The van der Waals surface area contributed by atoms with Crippen molar-refractivity contribution in [2.45, 2.75) is 256 Å². The van der Waals surface area contributed by atoms with Crippen molar-refractivity contribution in [3.63, 3.8) is 0 Å². The third-order valence-electron chi connectivity index (χ3n) is 11.5. The van der Waals surface area contributed by atoms with E-state index < -0.39 is 71.2 Å². The summed E-state index contributed by atoms with van der Waals surface area (Å²) >= 11 is 0. The van der Waals surface area contributed by atoms with Gasteiger partial charge in [0.2, 0.25) is 0 Å². The molecule has 0 aromatic heterocycles.